The number of nitriles is 1. The summed E-state index contributed by atoms with van der Waals surface area (Å²) in [6, 6.07) is 12.2. The molecule has 5 heteroatoms. The standard InChI is InChI=1S/C26H30FNO3/c1-2-4-19-6-8-20(9-7-19)5-3-16-30-23-13-10-21(11-14-23)26(29)31-24-15-12-22(18-28)25(27)17-24/h10-15,17,19-20H,2-9,16H2,1H3. The van der Waals surface area contributed by atoms with Gasteiger partial charge in [-0.1, -0.05) is 45.4 Å². The van der Waals surface area contributed by atoms with E-state index < -0.39 is 11.8 Å². The predicted octanol–water partition coefficient (Wildman–Crippen LogP) is 6.68. The molecule has 0 heterocycles. The SMILES string of the molecule is CCCC1CCC(CCCOc2ccc(C(=O)Oc3ccc(C#N)c(F)c3)cc2)CC1. The molecule has 0 saturated heterocycles. The zero-order valence-corrected chi connectivity index (χ0v) is 18.1. The van der Waals surface area contributed by atoms with Crippen molar-refractivity contribution >= 4 is 5.97 Å². The molecule has 164 valence electrons. The second-order valence-electron chi connectivity index (χ2n) is 8.33. The molecule has 0 bridgehead atoms. The Morgan fingerprint density at radius 2 is 1.68 bits per heavy atom. The van der Waals surface area contributed by atoms with Crippen LogP contribution < -0.4 is 9.47 Å². The predicted molar refractivity (Wildman–Crippen MR) is 118 cm³/mol. The summed E-state index contributed by atoms with van der Waals surface area (Å²) < 4.78 is 24.6. The third kappa shape index (κ3) is 6.82. The monoisotopic (exact) mass is 423 g/mol. The summed E-state index contributed by atoms with van der Waals surface area (Å²) in [7, 11) is 0. The van der Waals surface area contributed by atoms with Crippen LogP contribution in [0.1, 0.15) is 74.2 Å². The molecule has 2 aromatic carbocycles. The number of halogens is 1. The largest absolute Gasteiger partial charge is 0.494 e. The van der Waals surface area contributed by atoms with Crippen LogP contribution in [0, 0.1) is 29.0 Å². The van der Waals surface area contributed by atoms with E-state index in [9.17, 15) is 9.18 Å². The number of carbonyl (C=O) groups excluding carboxylic acids is 1. The molecule has 0 spiro atoms. The van der Waals surface area contributed by atoms with Crippen LogP contribution in [-0.4, -0.2) is 12.6 Å². The number of benzene rings is 2. The van der Waals surface area contributed by atoms with Crippen LogP contribution >= 0.6 is 0 Å². The zero-order valence-electron chi connectivity index (χ0n) is 18.1. The van der Waals surface area contributed by atoms with Crippen LogP contribution in [0.5, 0.6) is 11.5 Å². The molecule has 4 nitrogen and oxygen atoms in total. The van der Waals surface area contributed by atoms with Crippen molar-refractivity contribution in [3.05, 3.63) is 59.4 Å². The zero-order chi connectivity index (χ0) is 22.1. The van der Waals surface area contributed by atoms with E-state index in [4.69, 9.17) is 14.7 Å². The van der Waals surface area contributed by atoms with Crippen LogP contribution in [0.4, 0.5) is 4.39 Å². The van der Waals surface area contributed by atoms with Crippen molar-refractivity contribution in [1.82, 2.24) is 0 Å². The fourth-order valence-corrected chi connectivity index (χ4v) is 4.28. The Bertz CT molecular complexity index is 896. The second kappa shape index (κ2) is 11.5. The fraction of sp³-hybridized carbons (Fsp3) is 0.462. The van der Waals surface area contributed by atoms with Gasteiger partial charge in [0.2, 0.25) is 0 Å². The van der Waals surface area contributed by atoms with E-state index in [1.54, 1.807) is 30.3 Å². The molecule has 2 aromatic rings. The van der Waals surface area contributed by atoms with E-state index in [0.717, 1.165) is 24.3 Å². The average molecular weight is 424 g/mol. The molecule has 1 aliphatic rings. The molecule has 0 aromatic heterocycles. The van der Waals surface area contributed by atoms with Gasteiger partial charge in [-0.2, -0.15) is 5.26 Å². The van der Waals surface area contributed by atoms with Gasteiger partial charge in [-0.15, -0.1) is 0 Å². The molecule has 0 unspecified atom stereocenters. The van der Waals surface area contributed by atoms with Crippen molar-refractivity contribution in [2.24, 2.45) is 11.8 Å². The lowest BCUT2D eigenvalue weighted by atomic mass is 9.78. The summed E-state index contributed by atoms with van der Waals surface area (Å²) in [5.41, 5.74) is 0.256. The molecule has 3 rings (SSSR count). The lowest BCUT2D eigenvalue weighted by Crippen LogP contribution is -2.15. The van der Waals surface area contributed by atoms with Crippen LogP contribution in [0.15, 0.2) is 42.5 Å². The highest BCUT2D eigenvalue weighted by Gasteiger charge is 2.20. The summed E-state index contributed by atoms with van der Waals surface area (Å²) in [5.74, 6) is 1.25. The average Bonchev–Trinajstić information content (AvgIpc) is 2.78. The van der Waals surface area contributed by atoms with Crippen molar-refractivity contribution in [3.63, 3.8) is 0 Å². The maximum Gasteiger partial charge on any atom is 0.343 e. The summed E-state index contributed by atoms with van der Waals surface area (Å²) in [6.07, 6.45) is 10.4. The number of esters is 1. The van der Waals surface area contributed by atoms with E-state index in [0.29, 0.717) is 17.9 Å². The van der Waals surface area contributed by atoms with Gasteiger partial charge < -0.3 is 9.47 Å². The Balaban J connectivity index is 1.39. The van der Waals surface area contributed by atoms with Gasteiger partial charge in [-0.05, 0) is 61.1 Å². The summed E-state index contributed by atoms with van der Waals surface area (Å²) in [4.78, 5) is 12.2. The van der Waals surface area contributed by atoms with Crippen LogP contribution in [-0.2, 0) is 0 Å². The molecule has 1 saturated carbocycles. The molecule has 1 aliphatic carbocycles. The fourth-order valence-electron chi connectivity index (χ4n) is 4.28. The Hall–Kier alpha value is -2.87. The molecule has 0 radical (unpaired) electrons. The summed E-state index contributed by atoms with van der Waals surface area (Å²) in [6.45, 7) is 2.94. The Morgan fingerprint density at radius 1 is 1.03 bits per heavy atom. The highest BCUT2D eigenvalue weighted by atomic mass is 19.1. The second-order valence-corrected chi connectivity index (χ2v) is 8.33. The first-order valence-electron chi connectivity index (χ1n) is 11.2. The summed E-state index contributed by atoms with van der Waals surface area (Å²) >= 11 is 0. The van der Waals surface area contributed by atoms with Crippen LogP contribution in [0.25, 0.3) is 0 Å². The Morgan fingerprint density at radius 3 is 2.29 bits per heavy atom. The summed E-state index contributed by atoms with van der Waals surface area (Å²) in [5, 5.41) is 8.76. The minimum atomic E-state index is -0.717. The van der Waals surface area contributed by atoms with Crippen LogP contribution in [0.2, 0.25) is 0 Å². The number of ether oxygens (including phenoxy) is 2. The first-order valence-corrected chi connectivity index (χ1v) is 11.2. The molecule has 0 atom stereocenters. The third-order valence-electron chi connectivity index (χ3n) is 6.05. The van der Waals surface area contributed by atoms with E-state index in [2.05, 4.69) is 6.92 Å². The molecule has 0 N–H and O–H groups in total. The number of hydrogen-bond donors (Lipinski definition) is 0. The van der Waals surface area contributed by atoms with Gasteiger partial charge in [0.15, 0.2) is 0 Å². The Kier molecular flexibility index (Phi) is 8.46. The minimum absolute atomic E-state index is 0.0607. The molecular weight excluding hydrogens is 393 g/mol. The Labute approximate surface area is 184 Å². The van der Waals surface area contributed by atoms with Crippen molar-refractivity contribution in [3.8, 4) is 17.6 Å². The molecule has 0 aliphatic heterocycles. The van der Waals surface area contributed by atoms with Gasteiger partial charge in [0.1, 0.15) is 23.4 Å². The number of hydrogen-bond acceptors (Lipinski definition) is 4. The smallest absolute Gasteiger partial charge is 0.343 e. The quantitative estimate of drug-likeness (QED) is 0.256. The van der Waals surface area contributed by atoms with Crippen molar-refractivity contribution < 1.29 is 18.7 Å². The first-order chi connectivity index (χ1) is 15.1. The van der Waals surface area contributed by atoms with E-state index in [1.807, 2.05) is 0 Å². The molecule has 0 amide bonds. The molecule has 31 heavy (non-hydrogen) atoms. The van der Waals surface area contributed by atoms with Crippen molar-refractivity contribution in [2.75, 3.05) is 6.61 Å². The lowest BCUT2D eigenvalue weighted by molar-refractivity contribution is 0.0734. The first kappa shape index (κ1) is 22.8. The molecular formula is C26H30FNO3. The van der Waals surface area contributed by atoms with Crippen molar-refractivity contribution in [2.45, 2.75) is 58.3 Å². The highest BCUT2D eigenvalue weighted by molar-refractivity contribution is 5.91. The van der Waals surface area contributed by atoms with Gasteiger partial charge in [0.25, 0.3) is 0 Å². The number of rotatable bonds is 9. The van der Waals surface area contributed by atoms with Gasteiger partial charge in [-0.3, -0.25) is 0 Å². The van der Waals surface area contributed by atoms with Gasteiger partial charge in [0, 0.05) is 6.07 Å². The number of carbonyl (C=O) groups is 1. The topological polar surface area (TPSA) is 59.3 Å². The minimum Gasteiger partial charge on any atom is -0.494 e. The van der Waals surface area contributed by atoms with E-state index in [1.165, 1.54) is 57.1 Å². The third-order valence-corrected chi connectivity index (χ3v) is 6.05. The van der Waals surface area contributed by atoms with Crippen LogP contribution in [0.3, 0.4) is 0 Å². The highest BCUT2D eigenvalue weighted by Crippen LogP contribution is 2.33. The van der Waals surface area contributed by atoms with Gasteiger partial charge in [-0.25, -0.2) is 9.18 Å². The maximum atomic E-state index is 13.6. The van der Waals surface area contributed by atoms with Crippen molar-refractivity contribution in [1.29, 1.82) is 5.26 Å². The van der Waals surface area contributed by atoms with Gasteiger partial charge >= 0.3 is 5.97 Å². The maximum absolute atomic E-state index is 13.6. The lowest BCUT2D eigenvalue weighted by Gasteiger charge is -2.28. The molecule has 1 fully saturated rings. The van der Waals surface area contributed by atoms with Gasteiger partial charge in [0.05, 0.1) is 17.7 Å². The number of nitrogens with zero attached hydrogens (tertiary/aromatic N) is 1. The normalized spacial score (nSPS) is 18.2. The van der Waals surface area contributed by atoms with E-state index >= 15 is 0 Å². The van der Waals surface area contributed by atoms with E-state index in [-0.39, 0.29) is 11.3 Å².